The summed E-state index contributed by atoms with van der Waals surface area (Å²) >= 11 is 9.51. The minimum Gasteiger partial charge on any atom is -0.465 e. The number of pyridine rings is 1. The number of nitrogens with one attached hydrogen (secondary N) is 1. The topological polar surface area (TPSA) is 51.2 Å². The van der Waals surface area contributed by atoms with E-state index < -0.39 is 11.8 Å². The van der Waals surface area contributed by atoms with Crippen molar-refractivity contribution in [3.05, 3.63) is 63.5 Å². The van der Waals surface area contributed by atoms with Crippen LogP contribution in [0.1, 0.15) is 10.4 Å². The predicted molar refractivity (Wildman–Crippen MR) is 95.5 cm³/mol. The fraction of sp³-hybridized carbons (Fsp3) is 0.0588. The molecule has 2 aromatic carbocycles. The second kappa shape index (κ2) is 6.75. The highest BCUT2D eigenvalue weighted by Crippen LogP contribution is 2.35. The fourth-order valence-electron chi connectivity index (χ4n) is 2.31. The van der Waals surface area contributed by atoms with E-state index in [-0.39, 0.29) is 5.56 Å². The summed E-state index contributed by atoms with van der Waals surface area (Å²) in [7, 11) is 1.24. The van der Waals surface area contributed by atoms with Gasteiger partial charge in [-0.3, -0.25) is 4.98 Å². The number of nitrogens with zero attached hydrogens (tertiary/aromatic N) is 1. The molecule has 3 aromatic rings. The Morgan fingerprint density at radius 1 is 1.29 bits per heavy atom. The standard InChI is InChI=1S/C17H11BrClFN2O2/c1-24-17(23)12-7-10(20)3-5-15(12)22-16-11-6-9(19)2-4-14(11)21-8-13(16)18/h2-8H,1H3,(H,21,22). The zero-order chi connectivity index (χ0) is 17.3. The molecule has 0 aliphatic heterocycles. The van der Waals surface area contributed by atoms with E-state index in [0.29, 0.717) is 20.9 Å². The van der Waals surface area contributed by atoms with Crippen LogP contribution in [-0.4, -0.2) is 18.1 Å². The molecule has 0 saturated carbocycles. The molecule has 0 aliphatic rings. The second-order valence-corrected chi connectivity index (χ2v) is 6.24. The molecule has 1 heterocycles. The summed E-state index contributed by atoms with van der Waals surface area (Å²) in [5, 5.41) is 4.46. The molecule has 24 heavy (non-hydrogen) atoms. The quantitative estimate of drug-likeness (QED) is 0.595. The SMILES string of the molecule is COC(=O)c1cc(F)ccc1Nc1c(Br)cnc2ccc(Cl)cc12. The van der Waals surface area contributed by atoms with Crippen LogP contribution in [0.4, 0.5) is 15.8 Å². The number of methoxy groups -OCH3 is 1. The molecule has 7 heteroatoms. The van der Waals surface area contributed by atoms with Gasteiger partial charge in [0.25, 0.3) is 0 Å². The fourth-order valence-corrected chi connectivity index (χ4v) is 2.89. The van der Waals surface area contributed by atoms with Crippen LogP contribution < -0.4 is 5.32 Å². The minimum absolute atomic E-state index is 0.0939. The number of rotatable bonds is 3. The molecule has 0 unspecified atom stereocenters. The number of hydrogen-bond donors (Lipinski definition) is 1. The Labute approximate surface area is 150 Å². The van der Waals surface area contributed by atoms with E-state index >= 15 is 0 Å². The maximum Gasteiger partial charge on any atom is 0.340 e. The van der Waals surface area contributed by atoms with Gasteiger partial charge in [-0.25, -0.2) is 9.18 Å². The van der Waals surface area contributed by atoms with Crippen LogP contribution in [0.5, 0.6) is 0 Å². The van der Waals surface area contributed by atoms with Crippen molar-refractivity contribution < 1.29 is 13.9 Å². The molecule has 0 amide bonds. The van der Waals surface area contributed by atoms with Crippen molar-refractivity contribution in [1.82, 2.24) is 4.98 Å². The zero-order valence-corrected chi connectivity index (χ0v) is 14.8. The summed E-state index contributed by atoms with van der Waals surface area (Å²) in [6.07, 6.45) is 1.64. The Kier molecular flexibility index (Phi) is 4.69. The Hall–Kier alpha value is -2.18. The largest absolute Gasteiger partial charge is 0.465 e. The summed E-state index contributed by atoms with van der Waals surface area (Å²) < 4.78 is 18.9. The van der Waals surface area contributed by atoms with Gasteiger partial charge in [-0.1, -0.05) is 11.6 Å². The lowest BCUT2D eigenvalue weighted by molar-refractivity contribution is 0.0601. The predicted octanol–water partition coefficient (Wildman–Crippen LogP) is 5.32. The van der Waals surface area contributed by atoms with E-state index in [1.54, 1.807) is 24.4 Å². The zero-order valence-electron chi connectivity index (χ0n) is 12.4. The van der Waals surface area contributed by atoms with Gasteiger partial charge in [0, 0.05) is 16.6 Å². The minimum atomic E-state index is -0.635. The van der Waals surface area contributed by atoms with Crippen molar-refractivity contribution >= 4 is 55.8 Å². The first kappa shape index (κ1) is 16.7. The van der Waals surface area contributed by atoms with Crippen molar-refractivity contribution in [2.24, 2.45) is 0 Å². The average molecular weight is 410 g/mol. The molecule has 1 aromatic heterocycles. The average Bonchev–Trinajstić information content (AvgIpc) is 2.58. The van der Waals surface area contributed by atoms with Gasteiger partial charge in [0.15, 0.2) is 0 Å². The Bertz CT molecular complexity index is 944. The van der Waals surface area contributed by atoms with E-state index in [4.69, 9.17) is 16.3 Å². The van der Waals surface area contributed by atoms with Crippen molar-refractivity contribution in [1.29, 1.82) is 0 Å². The van der Waals surface area contributed by atoms with Crippen LogP contribution in [0.15, 0.2) is 47.1 Å². The lowest BCUT2D eigenvalue weighted by atomic mass is 10.1. The number of carbonyl (C=O) groups excluding carboxylic acids is 1. The molecule has 1 N–H and O–H groups in total. The molecule has 0 radical (unpaired) electrons. The van der Waals surface area contributed by atoms with Crippen molar-refractivity contribution in [2.45, 2.75) is 0 Å². The number of aromatic nitrogens is 1. The summed E-state index contributed by atoms with van der Waals surface area (Å²) in [6.45, 7) is 0. The molecule has 0 atom stereocenters. The molecule has 3 rings (SSSR count). The van der Waals surface area contributed by atoms with Crippen LogP contribution in [0.3, 0.4) is 0 Å². The van der Waals surface area contributed by atoms with Crippen molar-refractivity contribution in [3.8, 4) is 0 Å². The Morgan fingerprint density at radius 3 is 2.83 bits per heavy atom. The molecule has 4 nitrogen and oxygen atoms in total. The number of benzene rings is 2. The van der Waals surface area contributed by atoms with Gasteiger partial charge < -0.3 is 10.1 Å². The number of fused-ring (bicyclic) bond motifs is 1. The molecule has 0 fully saturated rings. The van der Waals surface area contributed by atoms with E-state index in [2.05, 4.69) is 26.2 Å². The number of hydrogen-bond acceptors (Lipinski definition) is 4. The number of carbonyl (C=O) groups is 1. The highest BCUT2D eigenvalue weighted by atomic mass is 79.9. The van der Waals surface area contributed by atoms with E-state index in [1.165, 1.54) is 19.2 Å². The maximum absolute atomic E-state index is 13.5. The van der Waals surface area contributed by atoms with Crippen molar-refractivity contribution in [3.63, 3.8) is 0 Å². The molecular weight excluding hydrogens is 399 g/mol. The number of ether oxygens (including phenoxy) is 1. The van der Waals surface area contributed by atoms with E-state index in [1.807, 2.05) is 0 Å². The smallest absolute Gasteiger partial charge is 0.340 e. The molecular formula is C17H11BrClFN2O2. The summed E-state index contributed by atoms with van der Waals surface area (Å²) in [4.78, 5) is 16.2. The molecule has 0 bridgehead atoms. The summed E-state index contributed by atoms with van der Waals surface area (Å²) in [5.41, 5.74) is 1.90. The van der Waals surface area contributed by atoms with E-state index in [0.717, 1.165) is 17.0 Å². The monoisotopic (exact) mass is 408 g/mol. The maximum atomic E-state index is 13.5. The van der Waals surface area contributed by atoms with Crippen LogP contribution in [0.25, 0.3) is 10.9 Å². The normalized spacial score (nSPS) is 10.7. The number of anilines is 2. The number of halogens is 3. The lowest BCUT2D eigenvalue weighted by Crippen LogP contribution is -2.07. The van der Waals surface area contributed by atoms with Crippen LogP contribution in [-0.2, 0) is 4.74 Å². The van der Waals surface area contributed by atoms with Crippen LogP contribution in [0, 0.1) is 5.82 Å². The van der Waals surface area contributed by atoms with Gasteiger partial charge in [-0.05, 0) is 52.3 Å². The lowest BCUT2D eigenvalue weighted by Gasteiger charge is -2.14. The van der Waals surface area contributed by atoms with Gasteiger partial charge >= 0.3 is 5.97 Å². The van der Waals surface area contributed by atoms with Crippen LogP contribution >= 0.6 is 27.5 Å². The molecule has 122 valence electrons. The highest BCUT2D eigenvalue weighted by molar-refractivity contribution is 9.10. The third-order valence-electron chi connectivity index (χ3n) is 3.43. The van der Waals surface area contributed by atoms with E-state index in [9.17, 15) is 9.18 Å². The van der Waals surface area contributed by atoms with Gasteiger partial charge in [0.1, 0.15) is 5.82 Å². The third kappa shape index (κ3) is 3.20. The van der Waals surface area contributed by atoms with Crippen molar-refractivity contribution in [2.75, 3.05) is 12.4 Å². The first-order valence-corrected chi connectivity index (χ1v) is 8.05. The molecule has 0 aliphatic carbocycles. The highest BCUT2D eigenvalue weighted by Gasteiger charge is 2.16. The van der Waals surface area contributed by atoms with Gasteiger partial charge in [0.05, 0.1) is 34.0 Å². The molecule has 0 saturated heterocycles. The third-order valence-corrected chi connectivity index (χ3v) is 4.27. The number of esters is 1. The Balaban J connectivity index is 2.16. The second-order valence-electron chi connectivity index (χ2n) is 4.95. The first-order valence-electron chi connectivity index (χ1n) is 6.88. The van der Waals surface area contributed by atoms with Gasteiger partial charge in [0.2, 0.25) is 0 Å². The molecule has 0 spiro atoms. The Morgan fingerprint density at radius 2 is 2.08 bits per heavy atom. The van der Waals surface area contributed by atoms with Gasteiger partial charge in [-0.15, -0.1) is 0 Å². The summed E-state index contributed by atoms with van der Waals surface area (Å²) in [5.74, 6) is -1.16. The van der Waals surface area contributed by atoms with Crippen LogP contribution in [0.2, 0.25) is 5.02 Å². The van der Waals surface area contributed by atoms with Gasteiger partial charge in [-0.2, -0.15) is 0 Å². The summed E-state index contributed by atoms with van der Waals surface area (Å²) in [6, 6.07) is 9.16. The first-order chi connectivity index (χ1) is 11.5.